The lowest BCUT2D eigenvalue weighted by Crippen LogP contribution is -2.24. The van der Waals surface area contributed by atoms with Crippen LogP contribution in [0, 0.1) is 5.92 Å². The molecule has 1 saturated carbocycles. The minimum atomic E-state index is 0.155. The Morgan fingerprint density at radius 1 is 1.04 bits per heavy atom. The molecule has 4 rings (SSSR count). The third-order valence-corrected chi connectivity index (χ3v) is 5.26. The van der Waals surface area contributed by atoms with Crippen molar-refractivity contribution >= 4 is 28.3 Å². The zero-order valence-electron chi connectivity index (χ0n) is 14.0. The van der Waals surface area contributed by atoms with Crippen LogP contribution in [0.3, 0.4) is 0 Å². The predicted octanol–water partition coefficient (Wildman–Crippen LogP) is 3.75. The SMILES string of the molecule is O=C(Nc1ccc2c(N3CCCC3)ncnc2c1)C1CCCCC1. The summed E-state index contributed by atoms with van der Waals surface area (Å²) in [4.78, 5) is 23.6. The molecule has 1 amide bonds. The van der Waals surface area contributed by atoms with Gasteiger partial charge in [0.05, 0.1) is 5.52 Å². The number of carbonyl (C=O) groups excluding carboxylic acids is 1. The summed E-state index contributed by atoms with van der Waals surface area (Å²) < 4.78 is 0. The highest BCUT2D eigenvalue weighted by atomic mass is 16.1. The van der Waals surface area contributed by atoms with Gasteiger partial charge in [-0.1, -0.05) is 19.3 Å². The molecule has 0 unspecified atom stereocenters. The Bertz CT molecular complexity index is 733. The molecule has 2 heterocycles. The molecule has 0 radical (unpaired) electrons. The van der Waals surface area contributed by atoms with Gasteiger partial charge in [-0.25, -0.2) is 9.97 Å². The predicted molar refractivity (Wildman–Crippen MR) is 96.2 cm³/mol. The van der Waals surface area contributed by atoms with Crippen molar-refractivity contribution < 1.29 is 4.79 Å². The number of nitrogens with one attached hydrogen (secondary N) is 1. The molecule has 1 saturated heterocycles. The number of rotatable bonds is 3. The fourth-order valence-corrected chi connectivity index (χ4v) is 3.91. The molecule has 0 bridgehead atoms. The average molecular weight is 324 g/mol. The normalized spacial score (nSPS) is 18.9. The molecule has 2 aliphatic rings. The van der Waals surface area contributed by atoms with Gasteiger partial charge in [0.2, 0.25) is 5.91 Å². The van der Waals surface area contributed by atoms with Crippen molar-refractivity contribution in [2.45, 2.75) is 44.9 Å². The Morgan fingerprint density at radius 3 is 2.62 bits per heavy atom. The van der Waals surface area contributed by atoms with Crippen LogP contribution in [0.15, 0.2) is 24.5 Å². The number of hydrogen-bond donors (Lipinski definition) is 1. The fourth-order valence-electron chi connectivity index (χ4n) is 3.91. The number of nitrogens with zero attached hydrogens (tertiary/aromatic N) is 3. The fraction of sp³-hybridized carbons (Fsp3) is 0.526. The van der Waals surface area contributed by atoms with Gasteiger partial charge in [-0.05, 0) is 43.9 Å². The third-order valence-electron chi connectivity index (χ3n) is 5.26. The van der Waals surface area contributed by atoms with Crippen molar-refractivity contribution in [2.75, 3.05) is 23.3 Å². The lowest BCUT2D eigenvalue weighted by Gasteiger charge is -2.21. The number of anilines is 2. The van der Waals surface area contributed by atoms with Crippen LogP contribution in [0.1, 0.15) is 44.9 Å². The van der Waals surface area contributed by atoms with Gasteiger partial charge in [-0.15, -0.1) is 0 Å². The molecule has 0 atom stereocenters. The number of amides is 1. The highest BCUT2D eigenvalue weighted by molar-refractivity contribution is 5.97. The van der Waals surface area contributed by atoms with Crippen molar-refractivity contribution in [1.82, 2.24) is 9.97 Å². The highest BCUT2D eigenvalue weighted by Crippen LogP contribution is 2.29. The van der Waals surface area contributed by atoms with E-state index < -0.39 is 0 Å². The van der Waals surface area contributed by atoms with Crippen molar-refractivity contribution in [3.8, 4) is 0 Å². The summed E-state index contributed by atoms with van der Waals surface area (Å²) in [5, 5.41) is 4.14. The van der Waals surface area contributed by atoms with Gasteiger partial charge in [0, 0.05) is 30.1 Å². The van der Waals surface area contributed by atoms with E-state index in [1.807, 2.05) is 18.2 Å². The lowest BCUT2D eigenvalue weighted by atomic mass is 9.88. The quantitative estimate of drug-likeness (QED) is 0.934. The summed E-state index contributed by atoms with van der Waals surface area (Å²) in [6.45, 7) is 2.12. The highest BCUT2D eigenvalue weighted by Gasteiger charge is 2.21. The van der Waals surface area contributed by atoms with E-state index >= 15 is 0 Å². The van der Waals surface area contributed by atoms with Crippen LogP contribution in [0.4, 0.5) is 11.5 Å². The smallest absolute Gasteiger partial charge is 0.227 e. The van der Waals surface area contributed by atoms with Gasteiger partial charge in [0.15, 0.2) is 0 Å². The standard InChI is InChI=1S/C19H24N4O/c24-19(14-6-2-1-3-7-14)22-15-8-9-16-17(12-15)20-13-21-18(16)23-10-4-5-11-23/h8-9,12-14H,1-7,10-11H2,(H,22,24). The molecule has 1 aliphatic heterocycles. The van der Waals surface area contributed by atoms with Crippen molar-refractivity contribution in [3.63, 3.8) is 0 Å². The second-order valence-electron chi connectivity index (χ2n) is 6.95. The first kappa shape index (κ1) is 15.4. The van der Waals surface area contributed by atoms with E-state index in [9.17, 15) is 4.79 Å². The summed E-state index contributed by atoms with van der Waals surface area (Å²) in [6.07, 6.45) is 9.70. The van der Waals surface area contributed by atoms with E-state index in [0.717, 1.165) is 48.3 Å². The van der Waals surface area contributed by atoms with Crippen LogP contribution in [0.2, 0.25) is 0 Å². The lowest BCUT2D eigenvalue weighted by molar-refractivity contribution is -0.120. The maximum atomic E-state index is 12.4. The molecule has 0 spiro atoms. The minimum Gasteiger partial charge on any atom is -0.356 e. The Labute approximate surface area is 142 Å². The summed E-state index contributed by atoms with van der Waals surface area (Å²) in [7, 11) is 0. The number of aromatic nitrogens is 2. The summed E-state index contributed by atoms with van der Waals surface area (Å²) in [6, 6.07) is 5.99. The average Bonchev–Trinajstić information content (AvgIpc) is 3.16. The molecule has 24 heavy (non-hydrogen) atoms. The maximum absolute atomic E-state index is 12.4. The number of fused-ring (bicyclic) bond motifs is 1. The van der Waals surface area contributed by atoms with E-state index in [1.54, 1.807) is 6.33 Å². The first-order valence-corrected chi connectivity index (χ1v) is 9.12. The van der Waals surface area contributed by atoms with Crippen molar-refractivity contribution in [2.24, 2.45) is 5.92 Å². The molecule has 1 aromatic heterocycles. The van der Waals surface area contributed by atoms with Crippen LogP contribution < -0.4 is 10.2 Å². The van der Waals surface area contributed by atoms with Gasteiger partial charge in [-0.2, -0.15) is 0 Å². The van der Waals surface area contributed by atoms with Crippen LogP contribution in [-0.2, 0) is 4.79 Å². The van der Waals surface area contributed by atoms with E-state index in [-0.39, 0.29) is 11.8 Å². The molecule has 2 fully saturated rings. The second kappa shape index (κ2) is 6.75. The van der Waals surface area contributed by atoms with Gasteiger partial charge >= 0.3 is 0 Å². The van der Waals surface area contributed by atoms with Crippen LogP contribution >= 0.6 is 0 Å². The summed E-state index contributed by atoms with van der Waals surface area (Å²) in [5.41, 5.74) is 1.73. The van der Waals surface area contributed by atoms with Crippen molar-refractivity contribution in [1.29, 1.82) is 0 Å². The molecule has 5 heteroatoms. The number of carbonyl (C=O) groups is 1. The number of hydrogen-bond acceptors (Lipinski definition) is 4. The van der Waals surface area contributed by atoms with E-state index in [0.29, 0.717) is 0 Å². The molecule has 1 aliphatic carbocycles. The Morgan fingerprint density at radius 2 is 1.83 bits per heavy atom. The Balaban J connectivity index is 1.56. The molecular weight excluding hydrogens is 300 g/mol. The zero-order chi connectivity index (χ0) is 16.4. The monoisotopic (exact) mass is 324 g/mol. The van der Waals surface area contributed by atoms with E-state index in [1.165, 1.54) is 32.1 Å². The summed E-state index contributed by atoms with van der Waals surface area (Å²) >= 11 is 0. The van der Waals surface area contributed by atoms with Crippen molar-refractivity contribution in [3.05, 3.63) is 24.5 Å². The first-order valence-electron chi connectivity index (χ1n) is 9.12. The number of benzene rings is 1. The minimum absolute atomic E-state index is 0.155. The van der Waals surface area contributed by atoms with E-state index in [2.05, 4.69) is 20.2 Å². The van der Waals surface area contributed by atoms with Gasteiger partial charge in [-0.3, -0.25) is 4.79 Å². The molecule has 126 valence electrons. The first-order chi connectivity index (χ1) is 11.8. The maximum Gasteiger partial charge on any atom is 0.227 e. The van der Waals surface area contributed by atoms with Crippen LogP contribution in [0.25, 0.3) is 10.9 Å². The molecule has 5 nitrogen and oxygen atoms in total. The van der Waals surface area contributed by atoms with E-state index in [4.69, 9.17) is 0 Å². The molecule has 2 aromatic rings. The molecule has 1 aromatic carbocycles. The van der Waals surface area contributed by atoms with Crippen LogP contribution in [0.5, 0.6) is 0 Å². The third kappa shape index (κ3) is 3.07. The van der Waals surface area contributed by atoms with Gasteiger partial charge in [0.1, 0.15) is 12.1 Å². The zero-order valence-corrected chi connectivity index (χ0v) is 14.0. The van der Waals surface area contributed by atoms with Gasteiger partial charge < -0.3 is 10.2 Å². The van der Waals surface area contributed by atoms with Crippen LogP contribution in [-0.4, -0.2) is 29.0 Å². The largest absolute Gasteiger partial charge is 0.356 e. The van der Waals surface area contributed by atoms with Gasteiger partial charge in [0.25, 0.3) is 0 Å². The Kier molecular flexibility index (Phi) is 4.32. The Hall–Kier alpha value is -2.17. The second-order valence-corrected chi connectivity index (χ2v) is 6.95. The molecule has 1 N–H and O–H groups in total. The topological polar surface area (TPSA) is 58.1 Å². The molecular formula is C19H24N4O. The summed E-state index contributed by atoms with van der Waals surface area (Å²) in [5.74, 6) is 1.34.